The molecule has 102 valence electrons. The van der Waals surface area contributed by atoms with Crippen LogP contribution in [-0.4, -0.2) is 16.1 Å². The van der Waals surface area contributed by atoms with E-state index in [2.05, 4.69) is 59.9 Å². The zero-order valence-corrected chi connectivity index (χ0v) is 12.1. The molecule has 0 aliphatic rings. The number of hydrogen-bond acceptors (Lipinski definition) is 2. The molecule has 0 saturated carbocycles. The quantitative estimate of drug-likeness (QED) is 0.861. The van der Waals surface area contributed by atoms with Gasteiger partial charge >= 0.3 is 0 Å². The highest BCUT2D eigenvalue weighted by molar-refractivity contribution is 5.25. The average molecular weight is 257 g/mol. The van der Waals surface area contributed by atoms with Crippen molar-refractivity contribution in [2.24, 2.45) is 0 Å². The maximum atomic E-state index is 4.40. The van der Waals surface area contributed by atoms with E-state index in [1.165, 1.54) is 11.1 Å². The van der Waals surface area contributed by atoms with Gasteiger partial charge in [-0.2, -0.15) is 0 Å². The SMILES string of the molecule is CCNCc1nccn1Cc1ccc(C(C)C)cc1. The summed E-state index contributed by atoms with van der Waals surface area (Å²) in [5.41, 5.74) is 2.71. The number of hydrogen-bond donors (Lipinski definition) is 1. The predicted molar refractivity (Wildman–Crippen MR) is 79.2 cm³/mol. The van der Waals surface area contributed by atoms with Gasteiger partial charge in [0.1, 0.15) is 5.82 Å². The second-order valence-electron chi connectivity index (χ2n) is 5.15. The van der Waals surface area contributed by atoms with E-state index in [1.807, 2.05) is 12.4 Å². The summed E-state index contributed by atoms with van der Waals surface area (Å²) in [6.45, 7) is 9.24. The summed E-state index contributed by atoms with van der Waals surface area (Å²) < 4.78 is 2.20. The fourth-order valence-electron chi connectivity index (χ4n) is 2.09. The van der Waals surface area contributed by atoms with Crippen LogP contribution in [0.25, 0.3) is 0 Å². The second kappa shape index (κ2) is 6.53. The molecule has 1 heterocycles. The van der Waals surface area contributed by atoms with Crippen LogP contribution in [-0.2, 0) is 13.1 Å². The van der Waals surface area contributed by atoms with Gasteiger partial charge in [-0.3, -0.25) is 0 Å². The molecule has 3 heteroatoms. The van der Waals surface area contributed by atoms with Crippen LogP contribution in [0.15, 0.2) is 36.7 Å². The summed E-state index contributed by atoms with van der Waals surface area (Å²) in [5, 5.41) is 3.32. The van der Waals surface area contributed by atoms with Crippen molar-refractivity contribution in [2.45, 2.75) is 39.8 Å². The van der Waals surface area contributed by atoms with Gasteiger partial charge in [0.2, 0.25) is 0 Å². The van der Waals surface area contributed by atoms with Crippen molar-refractivity contribution in [2.75, 3.05) is 6.54 Å². The lowest BCUT2D eigenvalue weighted by Crippen LogP contribution is -2.16. The lowest BCUT2D eigenvalue weighted by molar-refractivity contribution is 0.639. The molecule has 0 amide bonds. The Morgan fingerprint density at radius 2 is 1.95 bits per heavy atom. The monoisotopic (exact) mass is 257 g/mol. The van der Waals surface area contributed by atoms with Gasteiger partial charge < -0.3 is 9.88 Å². The normalized spacial score (nSPS) is 11.2. The Kier molecular flexibility index (Phi) is 4.74. The maximum Gasteiger partial charge on any atom is 0.122 e. The van der Waals surface area contributed by atoms with Crippen molar-refractivity contribution >= 4 is 0 Å². The third kappa shape index (κ3) is 3.67. The average Bonchev–Trinajstić information content (AvgIpc) is 2.84. The highest BCUT2D eigenvalue weighted by atomic mass is 15.1. The van der Waals surface area contributed by atoms with E-state index in [4.69, 9.17) is 0 Å². The first kappa shape index (κ1) is 13.8. The van der Waals surface area contributed by atoms with Crippen molar-refractivity contribution in [1.82, 2.24) is 14.9 Å². The zero-order chi connectivity index (χ0) is 13.7. The summed E-state index contributed by atoms with van der Waals surface area (Å²) in [6.07, 6.45) is 3.91. The smallest absolute Gasteiger partial charge is 0.122 e. The molecule has 1 aromatic heterocycles. The molecule has 0 radical (unpaired) electrons. The Balaban J connectivity index is 2.06. The Morgan fingerprint density at radius 3 is 2.58 bits per heavy atom. The molecule has 0 spiro atoms. The van der Waals surface area contributed by atoms with Gasteiger partial charge in [-0.1, -0.05) is 45.0 Å². The molecule has 1 aromatic carbocycles. The van der Waals surface area contributed by atoms with Gasteiger partial charge in [0, 0.05) is 18.9 Å². The molecule has 1 N–H and O–H groups in total. The van der Waals surface area contributed by atoms with E-state index in [0.717, 1.165) is 25.5 Å². The molecular weight excluding hydrogens is 234 g/mol. The Bertz CT molecular complexity index is 497. The van der Waals surface area contributed by atoms with Gasteiger partial charge in [0.05, 0.1) is 6.54 Å². The van der Waals surface area contributed by atoms with Crippen LogP contribution in [0.2, 0.25) is 0 Å². The van der Waals surface area contributed by atoms with Crippen LogP contribution >= 0.6 is 0 Å². The Labute approximate surface area is 115 Å². The fourth-order valence-corrected chi connectivity index (χ4v) is 2.09. The third-order valence-corrected chi connectivity index (χ3v) is 3.33. The number of benzene rings is 1. The van der Waals surface area contributed by atoms with E-state index in [1.54, 1.807) is 0 Å². The Hall–Kier alpha value is -1.61. The number of imidazole rings is 1. The molecule has 3 nitrogen and oxygen atoms in total. The van der Waals surface area contributed by atoms with Crippen LogP contribution in [0.3, 0.4) is 0 Å². The van der Waals surface area contributed by atoms with Crippen LogP contribution in [0, 0.1) is 0 Å². The lowest BCUT2D eigenvalue weighted by atomic mass is 10.0. The lowest BCUT2D eigenvalue weighted by Gasteiger charge is -2.10. The first-order valence-electron chi connectivity index (χ1n) is 7.00. The van der Waals surface area contributed by atoms with Crippen molar-refractivity contribution in [3.8, 4) is 0 Å². The number of nitrogens with zero attached hydrogens (tertiary/aromatic N) is 2. The summed E-state index contributed by atoms with van der Waals surface area (Å²) in [7, 11) is 0. The maximum absolute atomic E-state index is 4.40. The summed E-state index contributed by atoms with van der Waals surface area (Å²) in [5.74, 6) is 1.68. The van der Waals surface area contributed by atoms with Crippen molar-refractivity contribution in [3.05, 3.63) is 53.6 Å². The van der Waals surface area contributed by atoms with E-state index in [-0.39, 0.29) is 0 Å². The minimum Gasteiger partial charge on any atom is -0.329 e. The molecule has 0 unspecified atom stereocenters. The van der Waals surface area contributed by atoms with Crippen molar-refractivity contribution < 1.29 is 0 Å². The molecule has 2 rings (SSSR count). The molecule has 2 aromatic rings. The standard InChI is InChI=1S/C16H23N3/c1-4-17-11-16-18-9-10-19(16)12-14-5-7-15(8-6-14)13(2)3/h5-10,13,17H,4,11-12H2,1-3H3. The van der Waals surface area contributed by atoms with Crippen LogP contribution in [0.1, 0.15) is 43.6 Å². The molecular formula is C16H23N3. The first-order valence-corrected chi connectivity index (χ1v) is 7.00. The Morgan fingerprint density at radius 1 is 1.21 bits per heavy atom. The van der Waals surface area contributed by atoms with Gasteiger partial charge in [0.25, 0.3) is 0 Å². The van der Waals surface area contributed by atoms with E-state index >= 15 is 0 Å². The summed E-state index contributed by atoms with van der Waals surface area (Å²) >= 11 is 0. The molecule has 0 aliphatic carbocycles. The van der Waals surface area contributed by atoms with Crippen molar-refractivity contribution in [1.29, 1.82) is 0 Å². The van der Waals surface area contributed by atoms with Gasteiger partial charge in [-0.05, 0) is 23.6 Å². The molecule has 0 atom stereocenters. The fraction of sp³-hybridized carbons (Fsp3) is 0.438. The minimum atomic E-state index is 0.589. The predicted octanol–water partition coefficient (Wildman–Crippen LogP) is 3.16. The first-order chi connectivity index (χ1) is 9.20. The second-order valence-corrected chi connectivity index (χ2v) is 5.15. The van der Waals surface area contributed by atoms with Gasteiger partial charge in [0.15, 0.2) is 0 Å². The summed E-state index contributed by atoms with van der Waals surface area (Å²) in [4.78, 5) is 4.40. The van der Waals surface area contributed by atoms with E-state index in [9.17, 15) is 0 Å². The van der Waals surface area contributed by atoms with Crippen molar-refractivity contribution in [3.63, 3.8) is 0 Å². The number of nitrogens with one attached hydrogen (secondary N) is 1. The van der Waals surface area contributed by atoms with Crippen LogP contribution < -0.4 is 5.32 Å². The number of rotatable bonds is 6. The van der Waals surface area contributed by atoms with E-state index in [0.29, 0.717) is 5.92 Å². The minimum absolute atomic E-state index is 0.589. The zero-order valence-electron chi connectivity index (χ0n) is 12.1. The van der Waals surface area contributed by atoms with E-state index < -0.39 is 0 Å². The third-order valence-electron chi connectivity index (χ3n) is 3.33. The molecule has 0 saturated heterocycles. The molecule has 0 aliphatic heterocycles. The topological polar surface area (TPSA) is 29.9 Å². The van der Waals surface area contributed by atoms with Crippen LogP contribution in [0.5, 0.6) is 0 Å². The highest BCUT2D eigenvalue weighted by Gasteiger charge is 2.04. The molecule has 0 bridgehead atoms. The molecule has 19 heavy (non-hydrogen) atoms. The van der Waals surface area contributed by atoms with Crippen LogP contribution in [0.4, 0.5) is 0 Å². The highest BCUT2D eigenvalue weighted by Crippen LogP contribution is 2.15. The van der Waals surface area contributed by atoms with Gasteiger partial charge in [-0.15, -0.1) is 0 Å². The largest absolute Gasteiger partial charge is 0.329 e. The molecule has 0 fully saturated rings. The number of aromatic nitrogens is 2. The van der Waals surface area contributed by atoms with Gasteiger partial charge in [-0.25, -0.2) is 4.98 Å². The summed E-state index contributed by atoms with van der Waals surface area (Å²) in [6, 6.07) is 8.88.